The Balaban J connectivity index is 1.19. The molecule has 2 atom stereocenters. The number of hydrogen-bond donors (Lipinski definition) is 2. The number of nitrogens with one attached hydrogen (secondary N) is 2. The zero-order valence-corrected chi connectivity index (χ0v) is 23.3. The Morgan fingerprint density at radius 3 is 2.77 bits per heavy atom. The molecule has 3 aliphatic rings. The fourth-order valence-electron chi connectivity index (χ4n) is 4.91. The van der Waals surface area contributed by atoms with E-state index in [1.54, 1.807) is 41.3 Å². The van der Waals surface area contributed by atoms with Crippen molar-refractivity contribution in [3.8, 4) is 28.8 Å². The van der Waals surface area contributed by atoms with Gasteiger partial charge in [0.05, 0.1) is 26.0 Å². The molecule has 0 aliphatic carbocycles. The maximum atomic E-state index is 13.4. The topological polar surface area (TPSA) is 158 Å². The SMILES string of the molecule is COc1ccc2cc1OCC(=O)NCc1ccc(cc1)O[C@H]1CN(C(=O)CCc3nc(-c4ccco4)no3)C[C@@H]1NC2=O. The van der Waals surface area contributed by atoms with Crippen LogP contribution in [-0.4, -0.2) is 71.7 Å². The summed E-state index contributed by atoms with van der Waals surface area (Å²) in [7, 11) is 1.48. The first-order valence-corrected chi connectivity index (χ1v) is 13.7. The predicted octanol–water partition coefficient (Wildman–Crippen LogP) is 2.37. The van der Waals surface area contributed by atoms with Gasteiger partial charge in [0.1, 0.15) is 11.9 Å². The smallest absolute Gasteiger partial charge is 0.258 e. The number of carbonyl (C=O) groups is 3. The predicted molar refractivity (Wildman–Crippen MR) is 149 cm³/mol. The van der Waals surface area contributed by atoms with E-state index in [0.717, 1.165) is 5.56 Å². The highest BCUT2D eigenvalue weighted by atomic mass is 16.5. The van der Waals surface area contributed by atoms with Gasteiger partial charge in [0.15, 0.2) is 23.9 Å². The maximum absolute atomic E-state index is 13.4. The van der Waals surface area contributed by atoms with Crippen LogP contribution < -0.4 is 24.8 Å². The highest BCUT2D eigenvalue weighted by Gasteiger charge is 2.38. The number of rotatable bonds is 5. The molecule has 2 N–H and O–H groups in total. The number of likely N-dealkylation sites (tertiary alicyclic amines) is 1. The van der Waals surface area contributed by atoms with Crippen LogP contribution in [0.5, 0.6) is 17.2 Å². The van der Waals surface area contributed by atoms with E-state index in [2.05, 4.69) is 20.8 Å². The van der Waals surface area contributed by atoms with E-state index in [1.165, 1.54) is 19.4 Å². The standard InChI is InChI=1S/C30H29N5O8/c1-39-22-9-6-19-13-24(22)41-17-26(36)31-14-18-4-7-20(8-5-18)42-25-16-35(15-21(25)32-30(19)38)28(37)11-10-27-33-29(34-43-27)23-3-2-12-40-23/h2-9,12-13,21,25H,10-11,14-17H2,1H3,(H,31,36)(H,32,38)/t21-,25-/m0/s1. The lowest BCUT2D eigenvalue weighted by Gasteiger charge is -2.21. The summed E-state index contributed by atoms with van der Waals surface area (Å²) in [4.78, 5) is 44.9. The van der Waals surface area contributed by atoms with Crippen molar-refractivity contribution in [1.29, 1.82) is 0 Å². The van der Waals surface area contributed by atoms with Crippen molar-refractivity contribution < 1.29 is 37.5 Å². The van der Waals surface area contributed by atoms with Gasteiger partial charge in [-0.15, -0.1) is 0 Å². The minimum atomic E-state index is -0.517. The summed E-state index contributed by atoms with van der Waals surface area (Å²) in [6.07, 6.45) is 1.38. The fraction of sp³-hybridized carbons (Fsp3) is 0.300. The summed E-state index contributed by atoms with van der Waals surface area (Å²) in [5.74, 6) is 1.47. The van der Waals surface area contributed by atoms with Crippen LogP contribution in [0.2, 0.25) is 0 Å². The highest BCUT2D eigenvalue weighted by Crippen LogP contribution is 2.29. The average Bonchev–Trinajstić information content (AvgIpc) is 3.80. The Morgan fingerprint density at radius 2 is 1.98 bits per heavy atom. The third-order valence-corrected chi connectivity index (χ3v) is 7.18. The normalized spacial score (nSPS) is 18.6. The van der Waals surface area contributed by atoms with Crippen molar-refractivity contribution in [2.24, 2.45) is 0 Å². The minimum absolute atomic E-state index is 0.132. The van der Waals surface area contributed by atoms with Crippen LogP contribution >= 0.6 is 0 Å². The van der Waals surface area contributed by atoms with E-state index >= 15 is 0 Å². The Bertz CT molecular complexity index is 1600. The molecule has 0 radical (unpaired) electrons. The molecule has 4 aromatic rings. The second-order valence-electron chi connectivity index (χ2n) is 10.1. The fourth-order valence-corrected chi connectivity index (χ4v) is 4.91. The van der Waals surface area contributed by atoms with Gasteiger partial charge in [-0.05, 0) is 48.0 Å². The Labute approximate surface area is 246 Å². The number of carbonyl (C=O) groups excluding carboxylic acids is 3. The first kappa shape index (κ1) is 27.8. The molecular formula is C30H29N5O8. The van der Waals surface area contributed by atoms with Gasteiger partial charge in [-0.2, -0.15) is 4.98 Å². The number of amides is 3. The van der Waals surface area contributed by atoms with Crippen molar-refractivity contribution in [2.75, 3.05) is 26.8 Å². The van der Waals surface area contributed by atoms with Gasteiger partial charge >= 0.3 is 0 Å². The van der Waals surface area contributed by atoms with Crippen LogP contribution in [0.25, 0.3) is 11.6 Å². The van der Waals surface area contributed by atoms with Gasteiger partial charge in [0.2, 0.25) is 17.6 Å². The van der Waals surface area contributed by atoms with Crippen molar-refractivity contribution in [3.05, 3.63) is 77.9 Å². The van der Waals surface area contributed by atoms with E-state index in [1.807, 2.05) is 12.1 Å². The zero-order valence-electron chi connectivity index (χ0n) is 23.3. The molecule has 0 saturated carbocycles. The number of ether oxygens (including phenoxy) is 3. The lowest BCUT2D eigenvalue weighted by molar-refractivity contribution is -0.130. The number of aromatic nitrogens is 2. The first-order chi connectivity index (χ1) is 20.9. The molecule has 4 bridgehead atoms. The molecule has 0 unspecified atom stereocenters. The minimum Gasteiger partial charge on any atom is -0.493 e. The second-order valence-corrected chi connectivity index (χ2v) is 10.1. The van der Waals surface area contributed by atoms with Crippen LogP contribution in [0.4, 0.5) is 0 Å². The number of hydrogen-bond acceptors (Lipinski definition) is 10. The zero-order chi connectivity index (χ0) is 29.8. The molecule has 222 valence electrons. The molecule has 0 spiro atoms. The monoisotopic (exact) mass is 587 g/mol. The van der Waals surface area contributed by atoms with Gasteiger partial charge in [0, 0.05) is 31.5 Å². The highest BCUT2D eigenvalue weighted by molar-refractivity contribution is 5.95. The first-order valence-electron chi connectivity index (χ1n) is 13.7. The van der Waals surface area contributed by atoms with Crippen molar-refractivity contribution in [2.45, 2.75) is 31.5 Å². The van der Waals surface area contributed by atoms with Gasteiger partial charge in [-0.25, -0.2) is 0 Å². The van der Waals surface area contributed by atoms with Crippen LogP contribution in [-0.2, 0) is 22.6 Å². The Kier molecular flexibility index (Phi) is 7.94. The van der Waals surface area contributed by atoms with Crippen LogP contribution in [0.1, 0.15) is 28.2 Å². The molecule has 1 saturated heterocycles. The number of furan rings is 1. The van der Waals surface area contributed by atoms with Gasteiger partial charge in [-0.3, -0.25) is 14.4 Å². The van der Waals surface area contributed by atoms with Gasteiger partial charge in [0.25, 0.3) is 11.8 Å². The lowest BCUT2D eigenvalue weighted by Crippen LogP contribution is -2.45. The Morgan fingerprint density at radius 1 is 1.12 bits per heavy atom. The van der Waals surface area contributed by atoms with E-state index in [9.17, 15) is 14.4 Å². The van der Waals surface area contributed by atoms with Crippen molar-refractivity contribution in [1.82, 2.24) is 25.7 Å². The van der Waals surface area contributed by atoms with Gasteiger partial charge < -0.3 is 38.7 Å². The number of aryl methyl sites for hydroxylation is 1. The summed E-state index contributed by atoms with van der Waals surface area (Å²) < 4.78 is 27.9. The summed E-state index contributed by atoms with van der Waals surface area (Å²) in [6, 6.07) is 14.9. The van der Waals surface area contributed by atoms with Crippen LogP contribution in [0.15, 0.2) is 69.8 Å². The van der Waals surface area contributed by atoms with E-state index in [0.29, 0.717) is 41.1 Å². The molecule has 13 nitrogen and oxygen atoms in total. The number of fused-ring (bicyclic) bond motifs is 7. The maximum Gasteiger partial charge on any atom is 0.258 e. The molecule has 7 rings (SSSR count). The van der Waals surface area contributed by atoms with Crippen LogP contribution in [0, 0.1) is 0 Å². The molecule has 3 amide bonds. The Hall–Kier alpha value is -5.33. The molecule has 13 heteroatoms. The van der Waals surface area contributed by atoms with E-state index in [4.69, 9.17) is 23.2 Å². The summed E-state index contributed by atoms with van der Waals surface area (Å²) >= 11 is 0. The lowest BCUT2D eigenvalue weighted by atomic mass is 10.1. The molecule has 5 heterocycles. The third kappa shape index (κ3) is 6.45. The average molecular weight is 588 g/mol. The largest absolute Gasteiger partial charge is 0.493 e. The van der Waals surface area contributed by atoms with Crippen molar-refractivity contribution in [3.63, 3.8) is 0 Å². The quantitative estimate of drug-likeness (QED) is 0.355. The molecule has 3 aliphatic heterocycles. The second kappa shape index (κ2) is 12.3. The van der Waals surface area contributed by atoms with Crippen molar-refractivity contribution >= 4 is 17.7 Å². The summed E-state index contributed by atoms with van der Waals surface area (Å²) in [5.41, 5.74) is 1.17. The van der Waals surface area contributed by atoms with Gasteiger partial charge in [-0.1, -0.05) is 17.3 Å². The number of benzene rings is 2. The van der Waals surface area contributed by atoms with Crippen LogP contribution in [0.3, 0.4) is 0 Å². The molecular weight excluding hydrogens is 558 g/mol. The van der Waals surface area contributed by atoms with E-state index < -0.39 is 12.1 Å². The summed E-state index contributed by atoms with van der Waals surface area (Å²) in [5, 5.41) is 9.72. The molecule has 2 aromatic heterocycles. The van der Waals surface area contributed by atoms with E-state index in [-0.39, 0.29) is 56.0 Å². The molecule has 2 aromatic carbocycles. The summed E-state index contributed by atoms with van der Waals surface area (Å²) in [6.45, 7) is 0.558. The molecule has 43 heavy (non-hydrogen) atoms. The third-order valence-electron chi connectivity index (χ3n) is 7.18. The number of methoxy groups -OCH3 is 1. The molecule has 1 fully saturated rings. The number of nitrogens with zero attached hydrogens (tertiary/aromatic N) is 3.